The lowest BCUT2D eigenvalue weighted by atomic mass is 10.3. The van der Waals surface area contributed by atoms with Gasteiger partial charge in [-0.15, -0.1) is 0 Å². The van der Waals surface area contributed by atoms with Crippen LogP contribution in [0.25, 0.3) is 0 Å². The Morgan fingerprint density at radius 3 is 3.00 bits per heavy atom. The first-order valence-corrected chi connectivity index (χ1v) is 5.83. The maximum Gasteiger partial charge on any atom is 0.338 e. The fraction of sp³-hybridized carbons (Fsp3) is 0.143. The van der Waals surface area contributed by atoms with Crippen molar-refractivity contribution < 1.29 is 19.1 Å². The van der Waals surface area contributed by atoms with E-state index in [2.05, 4.69) is 5.32 Å². The molecule has 102 valence electrons. The van der Waals surface area contributed by atoms with Crippen molar-refractivity contribution in [1.29, 1.82) is 5.26 Å². The zero-order valence-corrected chi connectivity index (χ0v) is 10.5. The van der Waals surface area contributed by atoms with Crippen molar-refractivity contribution in [2.24, 2.45) is 0 Å². The van der Waals surface area contributed by atoms with Crippen LogP contribution in [0.4, 0.5) is 5.69 Å². The summed E-state index contributed by atoms with van der Waals surface area (Å²) in [5.41, 5.74) is 0.904. The number of benzene rings is 1. The van der Waals surface area contributed by atoms with Gasteiger partial charge in [-0.2, -0.15) is 5.26 Å². The SMILES string of the molecule is N#CCOc1cccc(NCc2cc(C(=O)O)co2)c1. The molecule has 6 heteroatoms. The maximum atomic E-state index is 10.7. The molecule has 2 N–H and O–H groups in total. The van der Waals surface area contributed by atoms with Crippen molar-refractivity contribution in [3.8, 4) is 11.8 Å². The van der Waals surface area contributed by atoms with E-state index in [0.29, 0.717) is 18.1 Å². The minimum atomic E-state index is -1.02. The molecule has 20 heavy (non-hydrogen) atoms. The quantitative estimate of drug-likeness (QED) is 0.838. The molecular formula is C14H12N2O4. The number of nitrogens with zero attached hydrogens (tertiary/aromatic N) is 1. The Kier molecular flexibility index (Phi) is 4.24. The number of nitrogens with one attached hydrogen (secondary N) is 1. The van der Waals surface area contributed by atoms with Crippen molar-refractivity contribution in [3.63, 3.8) is 0 Å². The fourth-order valence-electron chi connectivity index (χ4n) is 1.59. The molecule has 1 aromatic carbocycles. The van der Waals surface area contributed by atoms with Crippen LogP contribution >= 0.6 is 0 Å². The second-order valence-electron chi connectivity index (χ2n) is 3.94. The van der Waals surface area contributed by atoms with E-state index in [-0.39, 0.29) is 12.2 Å². The van der Waals surface area contributed by atoms with E-state index in [0.717, 1.165) is 5.69 Å². The Bertz CT molecular complexity index is 643. The van der Waals surface area contributed by atoms with Gasteiger partial charge in [0.25, 0.3) is 0 Å². The summed E-state index contributed by atoms with van der Waals surface area (Å²) in [6.45, 7) is 0.346. The molecule has 0 spiro atoms. The highest BCUT2D eigenvalue weighted by atomic mass is 16.5. The van der Waals surface area contributed by atoms with Crippen LogP contribution in [0, 0.1) is 11.3 Å². The number of carboxylic acid groups (broad SMARTS) is 1. The van der Waals surface area contributed by atoms with Gasteiger partial charge in [-0.05, 0) is 18.2 Å². The summed E-state index contributed by atoms with van der Waals surface area (Å²) in [4.78, 5) is 10.7. The Morgan fingerprint density at radius 2 is 2.30 bits per heavy atom. The summed E-state index contributed by atoms with van der Waals surface area (Å²) >= 11 is 0. The Balaban J connectivity index is 1.96. The minimum absolute atomic E-state index is 0.0103. The first kappa shape index (κ1) is 13.5. The predicted molar refractivity (Wildman–Crippen MR) is 70.5 cm³/mol. The maximum absolute atomic E-state index is 10.7. The number of furan rings is 1. The lowest BCUT2D eigenvalue weighted by Crippen LogP contribution is -1.99. The van der Waals surface area contributed by atoms with Gasteiger partial charge < -0.3 is 19.6 Å². The van der Waals surface area contributed by atoms with E-state index in [4.69, 9.17) is 19.5 Å². The van der Waals surface area contributed by atoms with Crippen molar-refractivity contribution >= 4 is 11.7 Å². The predicted octanol–water partition coefficient (Wildman–Crippen LogP) is 2.49. The van der Waals surface area contributed by atoms with E-state index >= 15 is 0 Å². The number of ether oxygens (including phenoxy) is 1. The van der Waals surface area contributed by atoms with Crippen molar-refractivity contribution in [2.75, 3.05) is 11.9 Å². The largest absolute Gasteiger partial charge is 0.479 e. The highest BCUT2D eigenvalue weighted by Crippen LogP contribution is 2.18. The second kappa shape index (κ2) is 6.29. The van der Waals surface area contributed by atoms with Crippen LogP contribution in [-0.4, -0.2) is 17.7 Å². The van der Waals surface area contributed by atoms with Crippen LogP contribution in [0.15, 0.2) is 41.0 Å². The molecule has 2 rings (SSSR count). The Hall–Kier alpha value is -2.94. The smallest absolute Gasteiger partial charge is 0.338 e. The van der Waals surface area contributed by atoms with Gasteiger partial charge in [0.05, 0.1) is 12.1 Å². The molecule has 0 atom stereocenters. The molecule has 1 heterocycles. The summed E-state index contributed by atoms with van der Waals surface area (Å²) < 4.78 is 10.3. The van der Waals surface area contributed by atoms with Gasteiger partial charge in [-0.3, -0.25) is 0 Å². The molecule has 0 radical (unpaired) electrons. The van der Waals surface area contributed by atoms with E-state index in [1.165, 1.54) is 12.3 Å². The molecule has 0 unspecified atom stereocenters. The third-order valence-corrected chi connectivity index (χ3v) is 2.50. The van der Waals surface area contributed by atoms with Crippen molar-refractivity contribution in [1.82, 2.24) is 0 Å². The fourth-order valence-corrected chi connectivity index (χ4v) is 1.59. The number of carboxylic acids is 1. The molecule has 0 saturated heterocycles. The molecule has 0 fully saturated rings. The topological polar surface area (TPSA) is 95.5 Å². The number of aromatic carboxylic acids is 1. The summed E-state index contributed by atoms with van der Waals surface area (Å²) in [6.07, 6.45) is 1.20. The van der Waals surface area contributed by atoms with Gasteiger partial charge in [0.2, 0.25) is 0 Å². The summed E-state index contributed by atoms with van der Waals surface area (Å²) in [7, 11) is 0. The molecular weight excluding hydrogens is 260 g/mol. The molecule has 2 aromatic rings. The Morgan fingerprint density at radius 1 is 1.45 bits per heavy atom. The minimum Gasteiger partial charge on any atom is -0.479 e. The number of hydrogen-bond acceptors (Lipinski definition) is 5. The lowest BCUT2D eigenvalue weighted by molar-refractivity contribution is 0.0696. The van der Waals surface area contributed by atoms with Gasteiger partial charge >= 0.3 is 5.97 Å². The molecule has 0 aliphatic heterocycles. The van der Waals surface area contributed by atoms with Crippen LogP contribution in [0.3, 0.4) is 0 Å². The monoisotopic (exact) mass is 272 g/mol. The highest BCUT2D eigenvalue weighted by Gasteiger charge is 2.07. The zero-order chi connectivity index (χ0) is 14.4. The van der Waals surface area contributed by atoms with Crippen LogP contribution in [0.1, 0.15) is 16.1 Å². The number of rotatable bonds is 6. The van der Waals surface area contributed by atoms with Crippen molar-refractivity contribution in [2.45, 2.75) is 6.54 Å². The van der Waals surface area contributed by atoms with E-state index < -0.39 is 5.97 Å². The van der Waals surface area contributed by atoms with Crippen LogP contribution in [0.2, 0.25) is 0 Å². The lowest BCUT2D eigenvalue weighted by Gasteiger charge is -2.06. The standard InChI is InChI=1S/C14H12N2O4/c15-4-5-19-12-3-1-2-11(7-12)16-8-13-6-10(9-20-13)14(17)18/h1-3,6-7,9,16H,5,8H2,(H,17,18). The Labute approximate surface area is 115 Å². The van der Waals surface area contributed by atoms with Gasteiger partial charge in [0.1, 0.15) is 23.8 Å². The van der Waals surface area contributed by atoms with Crippen LogP contribution in [-0.2, 0) is 6.54 Å². The third-order valence-electron chi connectivity index (χ3n) is 2.50. The molecule has 0 saturated carbocycles. The van der Waals surface area contributed by atoms with Crippen molar-refractivity contribution in [3.05, 3.63) is 47.9 Å². The van der Waals surface area contributed by atoms with Gasteiger partial charge in [0.15, 0.2) is 6.61 Å². The summed E-state index contributed by atoms with van der Waals surface area (Å²) in [5.74, 6) is 0.0832. The number of hydrogen-bond donors (Lipinski definition) is 2. The second-order valence-corrected chi connectivity index (χ2v) is 3.94. The number of carbonyl (C=O) groups is 1. The summed E-state index contributed by atoms with van der Waals surface area (Å²) in [6, 6.07) is 10.5. The van der Waals surface area contributed by atoms with E-state index in [1.54, 1.807) is 18.2 Å². The van der Waals surface area contributed by atoms with E-state index in [1.807, 2.05) is 12.1 Å². The molecule has 0 amide bonds. The normalized spacial score (nSPS) is 9.75. The van der Waals surface area contributed by atoms with E-state index in [9.17, 15) is 4.79 Å². The number of anilines is 1. The van der Waals surface area contributed by atoms with Crippen LogP contribution in [0.5, 0.6) is 5.75 Å². The third kappa shape index (κ3) is 3.53. The first-order valence-electron chi connectivity index (χ1n) is 5.83. The molecule has 0 aliphatic carbocycles. The van der Waals surface area contributed by atoms with Gasteiger partial charge in [-0.1, -0.05) is 6.07 Å². The zero-order valence-electron chi connectivity index (χ0n) is 10.5. The molecule has 6 nitrogen and oxygen atoms in total. The van der Waals surface area contributed by atoms with Gasteiger partial charge in [-0.25, -0.2) is 4.79 Å². The summed E-state index contributed by atoms with van der Waals surface area (Å²) in [5, 5.41) is 20.3. The average molecular weight is 272 g/mol. The molecule has 1 aromatic heterocycles. The highest BCUT2D eigenvalue weighted by molar-refractivity contribution is 5.87. The molecule has 0 aliphatic rings. The first-order chi connectivity index (χ1) is 9.69. The molecule has 0 bridgehead atoms. The average Bonchev–Trinajstić information content (AvgIpc) is 2.92. The van der Waals surface area contributed by atoms with Gasteiger partial charge in [0, 0.05) is 11.8 Å². The number of nitriles is 1. The van der Waals surface area contributed by atoms with Crippen LogP contribution < -0.4 is 10.1 Å².